The molecule has 0 aromatic rings. The lowest BCUT2D eigenvalue weighted by molar-refractivity contribution is 0.181. The number of nitriles is 3. The first-order chi connectivity index (χ1) is 8.80. The van der Waals surface area contributed by atoms with E-state index in [1.54, 1.807) is 0 Å². The minimum absolute atomic E-state index is 0.0679. The molecule has 0 saturated carbocycles. The van der Waals surface area contributed by atoms with Crippen LogP contribution in [0.3, 0.4) is 0 Å². The van der Waals surface area contributed by atoms with Gasteiger partial charge in [0.05, 0.1) is 36.7 Å². The van der Waals surface area contributed by atoms with Crippen LogP contribution >= 0.6 is 0 Å². The molecule has 1 aliphatic heterocycles. The van der Waals surface area contributed by atoms with Gasteiger partial charge in [0.1, 0.15) is 0 Å². The monoisotopic (exact) mass is 246 g/mol. The maximum absolute atomic E-state index is 8.60. The summed E-state index contributed by atoms with van der Waals surface area (Å²) in [7, 11) is 0. The van der Waals surface area contributed by atoms with Crippen LogP contribution < -0.4 is 16.0 Å². The van der Waals surface area contributed by atoms with E-state index < -0.39 is 0 Å². The van der Waals surface area contributed by atoms with E-state index in [-0.39, 0.29) is 18.5 Å². The molecule has 0 aromatic heterocycles. The Kier molecular flexibility index (Phi) is 6.76. The molecule has 0 atom stereocenters. The third kappa shape index (κ3) is 5.12. The molecule has 0 aliphatic carbocycles. The van der Waals surface area contributed by atoms with Crippen LogP contribution in [0, 0.1) is 34.0 Å². The highest BCUT2D eigenvalue weighted by atomic mass is 15.3. The maximum atomic E-state index is 8.60. The van der Waals surface area contributed by atoms with E-state index in [1.165, 1.54) is 0 Å². The molecule has 6 nitrogen and oxygen atoms in total. The average Bonchev–Trinajstić information content (AvgIpc) is 2.40. The largest absolute Gasteiger partial charge is 0.286 e. The molecule has 96 valence electrons. The van der Waals surface area contributed by atoms with E-state index in [1.807, 2.05) is 0 Å². The van der Waals surface area contributed by atoms with Crippen LogP contribution in [0.2, 0.25) is 0 Å². The van der Waals surface area contributed by atoms with Crippen molar-refractivity contribution in [2.24, 2.45) is 0 Å². The number of hydrogen-bond acceptors (Lipinski definition) is 6. The van der Waals surface area contributed by atoms with Crippen molar-refractivity contribution < 1.29 is 0 Å². The van der Waals surface area contributed by atoms with Crippen LogP contribution in [-0.4, -0.2) is 18.5 Å². The SMILES string of the molecule is N#CCCC1NC(CCC#N)NC(CCC#N)N1. The van der Waals surface area contributed by atoms with Crippen molar-refractivity contribution in [1.82, 2.24) is 16.0 Å². The van der Waals surface area contributed by atoms with Crippen molar-refractivity contribution in [1.29, 1.82) is 15.8 Å². The first kappa shape index (κ1) is 14.4. The summed E-state index contributed by atoms with van der Waals surface area (Å²) in [6, 6.07) is 6.38. The minimum atomic E-state index is 0.0679. The smallest absolute Gasteiger partial charge is 0.0622 e. The first-order valence-electron chi connectivity index (χ1n) is 6.19. The van der Waals surface area contributed by atoms with Crippen molar-refractivity contribution in [2.75, 3.05) is 0 Å². The van der Waals surface area contributed by atoms with Crippen molar-refractivity contribution >= 4 is 0 Å². The Hall–Kier alpha value is -1.65. The van der Waals surface area contributed by atoms with Gasteiger partial charge in [-0.05, 0) is 19.3 Å². The van der Waals surface area contributed by atoms with Gasteiger partial charge in [0.25, 0.3) is 0 Å². The molecule has 0 spiro atoms. The normalized spacial score (nSPS) is 26.8. The zero-order valence-electron chi connectivity index (χ0n) is 10.3. The van der Waals surface area contributed by atoms with E-state index in [2.05, 4.69) is 34.2 Å². The quantitative estimate of drug-likeness (QED) is 0.635. The predicted octanol–water partition coefficient (Wildman–Crippen LogP) is 0.658. The van der Waals surface area contributed by atoms with Crippen molar-refractivity contribution in [3.05, 3.63) is 0 Å². The summed E-state index contributed by atoms with van der Waals surface area (Å²) in [6.07, 6.45) is 3.84. The van der Waals surface area contributed by atoms with E-state index in [0.717, 1.165) is 19.3 Å². The van der Waals surface area contributed by atoms with Crippen LogP contribution in [0.4, 0.5) is 0 Å². The summed E-state index contributed by atoms with van der Waals surface area (Å²) in [5, 5.41) is 35.8. The molecule has 18 heavy (non-hydrogen) atoms. The van der Waals surface area contributed by atoms with Gasteiger partial charge in [-0.3, -0.25) is 16.0 Å². The Balaban J connectivity index is 2.47. The van der Waals surface area contributed by atoms with E-state index in [4.69, 9.17) is 15.8 Å². The molecule has 1 saturated heterocycles. The standard InChI is InChI=1S/C12H18N6/c13-7-1-4-10-16-11(5-2-8-14)18-12(17-10)6-3-9-15/h10-12,16-18H,1-6H2. The van der Waals surface area contributed by atoms with Gasteiger partial charge in [-0.1, -0.05) is 0 Å². The minimum Gasteiger partial charge on any atom is -0.286 e. The predicted molar refractivity (Wildman–Crippen MR) is 65.3 cm³/mol. The highest BCUT2D eigenvalue weighted by Gasteiger charge is 2.25. The zero-order chi connectivity index (χ0) is 13.2. The summed E-state index contributed by atoms with van der Waals surface area (Å²) in [5.74, 6) is 0. The average molecular weight is 246 g/mol. The van der Waals surface area contributed by atoms with Gasteiger partial charge >= 0.3 is 0 Å². The van der Waals surface area contributed by atoms with Crippen molar-refractivity contribution in [3.63, 3.8) is 0 Å². The van der Waals surface area contributed by atoms with Crippen molar-refractivity contribution in [2.45, 2.75) is 57.0 Å². The summed E-state index contributed by atoms with van der Waals surface area (Å²) >= 11 is 0. The first-order valence-corrected chi connectivity index (χ1v) is 6.19. The third-order valence-electron chi connectivity index (χ3n) is 2.84. The maximum Gasteiger partial charge on any atom is 0.0622 e. The topological polar surface area (TPSA) is 107 Å². The molecule has 0 bridgehead atoms. The lowest BCUT2D eigenvalue weighted by Gasteiger charge is -2.38. The van der Waals surface area contributed by atoms with Crippen LogP contribution in [0.25, 0.3) is 0 Å². The Morgan fingerprint density at radius 2 is 0.889 bits per heavy atom. The van der Waals surface area contributed by atoms with E-state index in [0.29, 0.717) is 19.3 Å². The molecular formula is C12H18N6. The lowest BCUT2D eigenvalue weighted by Crippen LogP contribution is -2.67. The fraction of sp³-hybridized carbons (Fsp3) is 0.750. The number of rotatable bonds is 6. The molecule has 0 aromatic carbocycles. The number of nitrogens with zero attached hydrogens (tertiary/aromatic N) is 3. The van der Waals surface area contributed by atoms with E-state index >= 15 is 0 Å². The van der Waals surface area contributed by atoms with Gasteiger partial charge in [0, 0.05) is 19.3 Å². The fourth-order valence-electron chi connectivity index (χ4n) is 2.00. The second-order valence-electron chi connectivity index (χ2n) is 4.25. The van der Waals surface area contributed by atoms with Crippen LogP contribution in [-0.2, 0) is 0 Å². The Labute approximate surface area is 108 Å². The number of hydrogen-bond donors (Lipinski definition) is 3. The third-order valence-corrected chi connectivity index (χ3v) is 2.84. The summed E-state index contributed by atoms with van der Waals surface area (Å²) in [6.45, 7) is 0. The Morgan fingerprint density at radius 1 is 0.611 bits per heavy atom. The Bertz CT molecular complexity index is 297. The second kappa shape index (κ2) is 8.44. The molecule has 1 aliphatic rings. The molecule has 6 heteroatoms. The van der Waals surface area contributed by atoms with Gasteiger partial charge in [0.15, 0.2) is 0 Å². The van der Waals surface area contributed by atoms with Gasteiger partial charge in [-0.25, -0.2) is 0 Å². The molecule has 0 unspecified atom stereocenters. The van der Waals surface area contributed by atoms with Gasteiger partial charge in [-0.2, -0.15) is 15.8 Å². The Morgan fingerprint density at radius 3 is 1.11 bits per heavy atom. The molecule has 0 radical (unpaired) electrons. The van der Waals surface area contributed by atoms with Crippen molar-refractivity contribution in [3.8, 4) is 18.2 Å². The molecule has 1 fully saturated rings. The highest BCUT2D eigenvalue weighted by molar-refractivity contribution is 4.88. The van der Waals surface area contributed by atoms with Gasteiger partial charge in [0.2, 0.25) is 0 Å². The van der Waals surface area contributed by atoms with Crippen LogP contribution in [0.5, 0.6) is 0 Å². The number of nitrogens with one attached hydrogen (secondary N) is 3. The van der Waals surface area contributed by atoms with E-state index in [9.17, 15) is 0 Å². The molecule has 3 N–H and O–H groups in total. The molecule has 1 heterocycles. The summed E-state index contributed by atoms with van der Waals surface area (Å²) in [4.78, 5) is 0. The second-order valence-corrected chi connectivity index (χ2v) is 4.25. The highest BCUT2D eigenvalue weighted by Crippen LogP contribution is 2.08. The molecular weight excluding hydrogens is 228 g/mol. The summed E-state index contributed by atoms with van der Waals surface area (Å²) < 4.78 is 0. The molecule has 1 rings (SSSR count). The lowest BCUT2D eigenvalue weighted by atomic mass is 10.1. The zero-order valence-corrected chi connectivity index (χ0v) is 10.3. The van der Waals surface area contributed by atoms with Gasteiger partial charge in [-0.15, -0.1) is 0 Å². The van der Waals surface area contributed by atoms with Crippen LogP contribution in [0.15, 0.2) is 0 Å². The molecule has 0 amide bonds. The fourth-order valence-corrected chi connectivity index (χ4v) is 2.00. The van der Waals surface area contributed by atoms with Crippen LogP contribution in [0.1, 0.15) is 38.5 Å². The summed E-state index contributed by atoms with van der Waals surface area (Å²) in [5.41, 5.74) is 0. The van der Waals surface area contributed by atoms with Gasteiger partial charge < -0.3 is 0 Å².